The molecule has 0 unspecified atom stereocenters. The first-order chi connectivity index (χ1) is 18.2. The summed E-state index contributed by atoms with van der Waals surface area (Å²) in [6.07, 6.45) is 3.54. The van der Waals surface area contributed by atoms with Crippen LogP contribution in [0.4, 0.5) is 10.5 Å². The second-order valence-corrected chi connectivity index (χ2v) is 10.3. The Morgan fingerprint density at radius 2 is 1.74 bits per heavy atom. The van der Waals surface area contributed by atoms with Gasteiger partial charge in [0.05, 0.1) is 5.56 Å². The second-order valence-electron chi connectivity index (χ2n) is 9.87. The number of nitrogens with one attached hydrogen (secondary N) is 1. The van der Waals surface area contributed by atoms with Crippen molar-refractivity contribution in [2.24, 2.45) is 7.05 Å². The molecule has 38 heavy (non-hydrogen) atoms. The number of likely N-dealkylation sites (tertiary alicyclic amines) is 1. The summed E-state index contributed by atoms with van der Waals surface area (Å²) in [6, 6.07) is 13.0. The van der Waals surface area contributed by atoms with Gasteiger partial charge in [-0.05, 0) is 55.0 Å². The fourth-order valence-electron chi connectivity index (χ4n) is 5.33. The minimum Gasteiger partial charge on any atom is -0.341 e. The number of benzene rings is 2. The van der Waals surface area contributed by atoms with Crippen LogP contribution in [0.25, 0.3) is 11.1 Å². The van der Waals surface area contributed by atoms with Crippen LogP contribution < -0.4 is 16.6 Å². The topological polar surface area (TPSA) is 96.7 Å². The van der Waals surface area contributed by atoms with Crippen LogP contribution in [0.5, 0.6) is 0 Å². The molecule has 1 N–H and O–H groups in total. The Labute approximate surface area is 225 Å². The molecular formula is C28H30ClN5O4. The number of halogens is 1. The molecule has 2 aliphatic heterocycles. The molecule has 2 aromatic carbocycles. The number of hydrogen-bond acceptors (Lipinski definition) is 4. The summed E-state index contributed by atoms with van der Waals surface area (Å²) >= 11 is 6.26. The molecule has 1 fully saturated rings. The highest BCUT2D eigenvalue weighted by molar-refractivity contribution is 6.31. The summed E-state index contributed by atoms with van der Waals surface area (Å²) in [7, 11) is 1.41. The molecule has 5 rings (SSSR count). The minimum atomic E-state index is -0.553. The van der Waals surface area contributed by atoms with Gasteiger partial charge in [-0.2, -0.15) is 0 Å². The Morgan fingerprint density at radius 1 is 1.00 bits per heavy atom. The van der Waals surface area contributed by atoms with Crippen molar-refractivity contribution in [3.8, 4) is 11.1 Å². The van der Waals surface area contributed by atoms with Gasteiger partial charge in [0.1, 0.15) is 6.54 Å². The molecule has 0 spiro atoms. The van der Waals surface area contributed by atoms with Gasteiger partial charge in [0.25, 0.3) is 5.56 Å². The summed E-state index contributed by atoms with van der Waals surface area (Å²) in [5.41, 5.74) is 2.63. The van der Waals surface area contributed by atoms with Crippen molar-refractivity contribution in [3.63, 3.8) is 0 Å². The maximum absolute atomic E-state index is 13.2. The lowest BCUT2D eigenvalue weighted by Gasteiger charge is -2.38. The number of hydrogen-bond donors (Lipinski definition) is 1. The molecule has 3 heterocycles. The predicted octanol–water partition coefficient (Wildman–Crippen LogP) is 3.26. The van der Waals surface area contributed by atoms with E-state index in [1.165, 1.54) is 17.8 Å². The SMILES string of the molecule is Cc1c(Cl)cccc1-c1cn(CC(=O)N2CCC(N3CCc4ccccc4NC3=O)CC2)c(=O)n(C)c1=O. The molecule has 3 aromatic rings. The number of anilines is 1. The van der Waals surface area contributed by atoms with Gasteiger partial charge in [0.15, 0.2) is 0 Å². The average Bonchev–Trinajstić information content (AvgIpc) is 3.09. The minimum absolute atomic E-state index is 0.0334. The van der Waals surface area contributed by atoms with Gasteiger partial charge in [0, 0.05) is 49.6 Å². The summed E-state index contributed by atoms with van der Waals surface area (Å²) in [5.74, 6) is -0.203. The molecule has 0 radical (unpaired) electrons. The standard InChI is InChI=1S/C28H30ClN5O4/c1-18-21(7-5-8-23(18)29)22-16-33(28(38)31(2)26(22)36)17-25(35)32-13-11-20(12-14-32)34-15-10-19-6-3-4-9-24(19)30-27(34)37/h3-9,16,20H,10-15,17H2,1-2H3,(H,30,37). The largest absolute Gasteiger partial charge is 0.341 e. The number of nitrogens with zero attached hydrogens (tertiary/aromatic N) is 4. The van der Waals surface area contributed by atoms with Crippen molar-refractivity contribution >= 4 is 29.2 Å². The van der Waals surface area contributed by atoms with Crippen LogP contribution in [0.15, 0.2) is 58.3 Å². The normalized spacial score (nSPS) is 16.1. The molecule has 10 heteroatoms. The zero-order chi connectivity index (χ0) is 27.0. The molecule has 0 aliphatic carbocycles. The highest BCUT2D eigenvalue weighted by Crippen LogP contribution is 2.27. The molecule has 1 aromatic heterocycles. The number of carbonyl (C=O) groups is 2. The number of carbonyl (C=O) groups excluding carboxylic acids is 2. The van der Waals surface area contributed by atoms with E-state index in [1.807, 2.05) is 36.1 Å². The van der Waals surface area contributed by atoms with Gasteiger partial charge in [0.2, 0.25) is 5.91 Å². The Morgan fingerprint density at radius 3 is 2.50 bits per heavy atom. The van der Waals surface area contributed by atoms with Gasteiger partial charge in [-0.3, -0.25) is 18.7 Å². The fourth-order valence-corrected chi connectivity index (χ4v) is 5.51. The molecular weight excluding hydrogens is 506 g/mol. The molecule has 0 saturated carbocycles. The molecule has 9 nitrogen and oxygen atoms in total. The number of para-hydroxylation sites is 1. The van der Waals surface area contributed by atoms with Crippen molar-refractivity contribution in [2.75, 3.05) is 25.0 Å². The van der Waals surface area contributed by atoms with Crippen molar-refractivity contribution in [1.29, 1.82) is 0 Å². The highest BCUT2D eigenvalue weighted by atomic mass is 35.5. The van der Waals surface area contributed by atoms with Crippen LogP contribution in [0.3, 0.4) is 0 Å². The van der Waals surface area contributed by atoms with E-state index in [0.29, 0.717) is 48.6 Å². The van der Waals surface area contributed by atoms with Crippen LogP contribution in [0, 0.1) is 6.92 Å². The Hall–Kier alpha value is -3.85. The number of fused-ring (bicyclic) bond motifs is 1. The number of amides is 3. The summed E-state index contributed by atoms with van der Waals surface area (Å²) in [5, 5.41) is 3.53. The summed E-state index contributed by atoms with van der Waals surface area (Å²) in [4.78, 5) is 55.4. The molecule has 3 amide bonds. The van der Waals surface area contributed by atoms with Gasteiger partial charge in [-0.25, -0.2) is 9.59 Å². The van der Waals surface area contributed by atoms with E-state index in [4.69, 9.17) is 11.6 Å². The zero-order valence-corrected chi connectivity index (χ0v) is 22.2. The van der Waals surface area contributed by atoms with Gasteiger partial charge < -0.3 is 15.1 Å². The number of piperidine rings is 1. The van der Waals surface area contributed by atoms with Crippen LogP contribution in [-0.4, -0.2) is 56.5 Å². The van der Waals surface area contributed by atoms with Crippen LogP contribution in [-0.2, 0) is 24.8 Å². The third-order valence-electron chi connectivity index (χ3n) is 7.62. The van der Waals surface area contributed by atoms with E-state index in [2.05, 4.69) is 5.32 Å². The summed E-state index contributed by atoms with van der Waals surface area (Å²) in [6.45, 7) is 3.23. The lowest BCUT2D eigenvalue weighted by molar-refractivity contribution is -0.133. The zero-order valence-electron chi connectivity index (χ0n) is 21.4. The summed E-state index contributed by atoms with van der Waals surface area (Å²) < 4.78 is 2.30. The lowest BCUT2D eigenvalue weighted by Crippen LogP contribution is -2.51. The van der Waals surface area contributed by atoms with E-state index in [9.17, 15) is 19.2 Å². The lowest BCUT2D eigenvalue weighted by atomic mass is 10.0. The first-order valence-corrected chi connectivity index (χ1v) is 13.1. The average molecular weight is 536 g/mol. The van der Waals surface area contributed by atoms with Crippen molar-refractivity contribution in [2.45, 2.75) is 38.8 Å². The number of rotatable bonds is 4. The Balaban J connectivity index is 1.28. The van der Waals surface area contributed by atoms with Crippen LogP contribution >= 0.6 is 11.6 Å². The second kappa shape index (κ2) is 10.5. The quantitative estimate of drug-likeness (QED) is 0.554. The van der Waals surface area contributed by atoms with Crippen molar-refractivity contribution < 1.29 is 9.59 Å². The van der Waals surface area contributed by atoms with Gasteiger partial charge >= 0.3 is 11.7 Å². The first kappa shape index (κ1) is 25.8. The van der Waals surface area contributed by atoms with Gasteiger partial charge in [-0.1, -0.05) is 41.9 Å². The number of urea groups is 1. The smallest absolute Gasteiger partial charge is 0.331 e. The van der Waals surface area contributed by atoms with Crippen LogP contribution in [0.1, 0.15) is 24.0 Å². The maximum atomic E-state index is 13.2. The van der Waals surface area contributed by atoms with Crippen molar-refractivity contribution in [1.82, 2.24) is 18.9 Å². The van der Waals surface area contributed by atoms with Gasteiger partial charge in [-0.15, -0.1) is 0 Å². The third kappa shape index (κ3) is 4.86. The molecule has 2 aliphatic rings. The molecule has 1 saturated heterocycles. The Kier molecular flexibility index (Phi) is 7.12. The molecule has 0 bridgehead atoms. The number of aromatic nitrogens is 2. The van der Waals surface area contributed by atoms with E-state index in [0.717, 1.165) is 27.8 Å². The fraction of sp³-hybridized carbons (Fsp3) is 0.357. The van der Waals surface area contributed by atoms with E-state index in [-0.39, 0.29) is 24.5 Å². The van der Waals surface area contributed by atoms with Crippen molar-refractivity contribution in [3.05, 3.63) is 85.6 Å². The van der Waals surface area contributed by atoms with E-state index in [1.54, 1.807) is 23.1 Å². The van der Waals surface area contributed by atoms with E-state index < -0.39 is 11.2 Å². The molecule has 0 atom stereocenters. The molecule has 198 valence electrons. The monoisotopic (exact) mass is 535 g/mol. The maximum Gasteiger partial charge on any atom is 0.331 e. The first-order valence-electron chi connectivity index (χ1n) is 12.7. The Bertz CT molecular complexity index is 1520. The third-order valence-corrected chi connectivity index (χ3v) is 8.03. The predicted molar refractivity (Wildman–Crippen MR) is 147 cm³/mol. The van der Waals surface area contributed by atoms with E-state index >= 15 is 0 Å². The van der Waals surface area contributed by atoms with Crippen LogP contribution in [0.2, 0.25) is 5.02 Å². The highest BCUT2D eigenvalue weighted by Gasteiger charge is 2.31.